The maximum absolute atomic E-state index is 13.7. The number of methoxy groups -OCH3 is 1. The lowest BCUT2D eigenvalue weighted by molar-refractivity contribution is 0.0921. The summed E-state index contributed by atoms with van der Waals surface area (Å²) >= 11 is 6.04. The number of hydrogen-bond acceptors (Lipinski definition) is 5. The first-order chi connectivity index (χ1) is 17.9. The van der Waals surface area contributed by atoms with Crippen LogP contribution in [0.4, 0.5) is 16.2 Å². The van der Waals surface area contributed by atoms with Gasteiger partial charge in [0.15, 0.2) is 0 Å². The largest absolute Gasteiger partial charge is 0.481 e. The van der Waals surface area contributed by atoms with E-state index in [0.29, 0.717) is 41.2 Å². The summed E-state index contributed by atoms with van der Waals surface area (Å²) in [6.07, 6.45) is 6.79. The van der Waals surface area contributed by atoms with E-state index < -0.39 is 0 Å². The Morgan fingerprint density at radius 2 is 1.89 bits per heavy atom. The Hall–Kier alpha value is -3.65. The number of benzene rings is 1. The molecule has 0 atom stereocenters. The fourth-order valence-electron chi connectivity index (χ4n) is 5.17. The normalized spacial score (nSPS) is 19.4. The highest BCUT2D eigenvalue weighted by Crippen LogP contribution is 2.34. The van der Waals surface area contributed by atoms with Gasteiger partial charge < -0.3 is 10.1 Å². The third-order valence-corrected chi connectivity index (χ3v) is 7.44. The highest BCUT2D eigenvalue weighted by molar-refractivity contribution is 6.30. The molecule has 37 heavy (non-hydrogen) atoms. The molecular formula is C28H30ClN5O3. The van der Waals surface area contributed by atoms with Gasteiger partial charge in [0.25, 0.3) is 5.91 Å². The Morgan fingerprint density at radius 3 is 2.62 bits per heavy atom. The second kappa shape index (κ2) is 10.8. The van der Waals surface area contributed by atoms with Crippen molar-refractivity contribution in [3.05, 3.63) is 76.7 Å². The fourth-order valence-corrected chi connectivity index (χ4v) is 5.33. The molecule has 1 saturated carbocycles. The minimum atomic E-state index is -0.139. The monoisotopic (exact) mass is 519 g/mol. The van der Waals surface area contributed by atoms with Crippen LogP contribution in [0.5, 0.6) is 5.88 Å². The van der Waals surface area contributed by atoms with Crippen molar-refractivity contribution < 1.29 is 14.3 Å². The number of urea groups is 1. The van der Waals surface area contributed by atoms with Gasteiger partial charge in [0, 0.05) is 24.8 Å². The zero-order valence-electron chi connectivity index (χ0n) is 21.0. The molecule has 3 amide bonds. The standard InChI is InChI=1S/C28H30ClN5O3/c1-18-24(13-21(29)14-30-18)27(35)32-22-9-7-19(8-10-22)16-34-25-6-4-3-5-20(25)17-33(28(34)36)23-11-12-26(37-2)31-15-23/h3-6,11-15,19,22H,7-10,16-17H2,1-2H3,(H,32,35). The van der Waals surface area contributed by atoms with Gasteiger partial charge >= 0.3 is 6.03 Å². The first-order valence-corrected chi connectivity index (χ1v) is 12.9. The van der Waals surface area contributed by atoms with Gasteiger partial charge in [-0.15, -0.1) is 0 Å². The number of halogens is 1. The number of aryl methyl sites for hydroxylation is 1. The molecule has 0 bridgehead atoms. The van der Waals surface area contributed by atoms with Crippen LogP contribution in [0.3, 0.4) is 0 Å². The van der Waals surface area contributed by atoms with Crippen LogP contribution < -0.4 is 19.9 Å². The first-order valence-electron chi connectivity index (χ1n) is 12.5. The van der Waals surface area contributed by atoms with E-state index in [-0.39, 0.29) is 18.0 Å². The second-order valence-electron chi connectivity index (χ2n) is 9.64. The maximum atomic E-state index is 13.7. The number of ether oxygens (including phenoxy) is 1. The number of hydrogen-bond donors (Lipinski definition) is 1. The zero-order chi connectivity index (χ0) is 25.9. The topological polar surface area (TPSA) is 87.7 Å². The summed E-state index contributed by atoms with van der Waals surface area (Å²) < 4.78 is 5.17. The molecule has 8 nitrogen and oxygen atoms in total. The molecule has 0 saturated heterocycles. The molecule has 1 fully saturated rings. The lowest BCUT2D eigenvalue weighted by Gasteiger charge is -2.40. The van der Waals surface area contributed by atoms with Gasteiger partial charge in [-0.25, -0.2) is 9.78 Å². The number of rotatable bonds is 6. The van der Waals surface area contributed by atoms with E-state index in [1.54, 1.807) is 43.5 Å². The average Bonchev–Trinajstić information content (AvgIpc) is 2.92. The van der Waals surface area contributed by atoms with Crippen LogP contribution >= 0.6 is 11.6 Å². The first kappa shape index (κ1) is 25.0. The zero-order valence-corrected chi connectivity index (χ0v) is 21.7. The smallest absolute Gasteiger partial charge is 0.329 e. The summed E-state index contributed by atoms with van der Waals surface area (Å²) in [7, 11) is 1.57. The van der Waals surface area contributed by atoms with Crippen molar-refractivity contribution in [3.8, 4) is 5.88 Å². The third-order valence-electron chi connectivity index (χ3n) is 7.24. The number of amides is 3. The van der Waals surface area contributed by atoms with Crippen LogP contribution in [0.2, 0.25) is 5.02 Å². The lowest BCUT2D eigenvalue weighted by Crippen LogP contribution is -2.50. The number of anilines is 2. The van der Waals surface area contributed by atoms with Gasteiger partial charge in [0.05, 0.1) is 47.5 Å². The van der Waals surface area contributed by atoms with Crippen LogP contribution in [-0.4, -0.2) is 41.6 Å². The van der Waals surface area contributed by atoms with E-state index in [9.17, 15) is 9.59 Å². The second-order valence-corrected chi connectivity index (χ2v) is 10.1. The minimum Gasteiger partial charge on any atom is -0.481 e. The molecule has 1 aliphatic carbocycles. The summed E-state index contributed by atoms with van der Waals surface area (Å²) in [5.74, 6) is 0.713. The Labute approximate surface area is 221 Å². The molecule has 1 aliphatic heterocycles. The van der Waals surface area contributed by atoms with Crippen molar-refractivity contribution in [1.29, 1.82) is 0 Å². The van der Waals surface area contributed by atoms with Crippen molar-refractivity contribution in [1.82, 2.24) is 15.3 Å². The highest BCUT2D eigenvalue weighted by Gasteiger charge is 2.34. The van der Waals surface area contributed by atoms with Gasteiger partial charge in [-0.1, -0.05) is 29.8 Å². The summed E-state index contributed by atoms with van der Waals surface area (Å²) in [5, 5.41) is 3.60. The van der Waals surface area contributed by atoms with E-state index in [0.717, 1.165) is 42.6 Å². The van der Waals surface area contributed by atoms with Crippen molar-refractivity contribution in [3.63, 3.8) is 0 Å². The van der Waals surface area contributed by atoms with Crippen molar-refractivity contribution >= 4 is 34.9 Å². The van der Waals surface area contributed by atoms with Crippen LogP contribution in [0.25, 0.3) is 0 Å². The Morgan fingerprint density at radius 1 is 1.11 bits per heavy atom. The number of nitrogens with zero attached hydrogens (tertiary/aromatic N) is 4. The van der Waals surface area contributed by atoms with E-state index in [1.807, 2.05) is 29.2 Å². The summed E-state index contributed by atoms with van der Waals surface area (Å²) in [6.45, 7) is 2.94. The molecule has 192 valence electrons. The molecule has 3 heterocycles. The Balaban J connectivity index is 1.25. The van der Waals surface area contributed by atoms with Gasteiger partial charge in [-0.3, -0.25) is 19.6 Å². The number of fused-ring (bicyclic) bond motifs is 1. The highest BCUT2D eigenvalue weighted by atomic mass is 35.5. The van der Waals surface area contributed by atoms with Gasteiger partial charge in [-0.05, 0) is 62.3 Å². The minimum absolute atomic E-state index is 0.0509. The lowest BCUT2D eigenvalue weighted by atomic mass is 9.85. The SMILES string of the molecule is COc1ccc(N2Cc3ccccc3N(CC3CCC(NC(=O)c4cc(Cl)cnc4C)CC3)C2=O)cn1. The summed E-state index contributed by atoms with van der Waals surface area (Å²) in [6, 6.07) is 13.4. The Kier molecular flexibility index (Phi) is 7.28. The van der Waals surface area contributed by atoms with Gasteiger partial charge in [-0.2, -0.15) is 0 Å². The molecule has 2 aliphatic rings. The van der Waals surface area contributed by atoms with E-state index in [1.165, 1.54) is 0 Å². The number of nitrogens with one attached hydrogen (secondary N) is 1. The van der Waals surface area contributed by atoms with Crippen LogP contribution in [0.1, 0.15) is 47.3 Å². The van der Waals surface area contributed by atoms with Gasteiger partial charge in [0.2, 0.25) is 5.88 Å². The molecule has 5 rings (SSSR count). The molecule has 2 aromatic heterocycles. The molecule has 1 aromatic carbocycles. The van der Waals surface area contributed by atoms with Crippen molar-refractivity contribution in [2.45, 2.75) is 45.2 Å². The van der Waals surface area contributed by atoms with Crippen LogP contribution in [0.15, 0.2) is 54.9 Å². The van der Waals surface area contributed by atoms with Crippen molar-refractivity contribution in [2.24, 2.45) is 5.92 Å². The number of para-hydroxylation sites is 1. The van der Waals surface area contributed by atoms with E-state index in [2.05, 4.69) is 21.4 Å². The predicted octanol–water partition coefficient (Wildman–Crippen LogP) is 5.38. The predicted molar refractivity (Wildman–Crippen MR) is 143 cm³/mol. The molecule has 3 aromatic rings. The third kappa shape index (κ3) is 5.39. The molecule has 0 unspecified atom stereocenters. The molecule has 9 heteroatoms. The van der Waals surface area contributed by atoms with Gasteiger partial charge in [0.1, 0.15) is 0 Å². The summed E-state index contributed by atoms with van der Waals surface area (Å²) in [5.41, 5.74) is 3.98. The number of aromatic nitrogens is 2. The van der Waals surface area contributed by atoms with Crippen molar-refractivity contribution in [2.75, 3.05) is 23.5 Å². The fraction of sp³-hybridized carbons (Fsp3) is 0.357. The maximum Gasteiger partial charge on any atom is 0.329 e. The number of carbonyl (C=O) groups excluding carboxylic acids is 2. The summed E-state index contributed by atoms with van der Waals surface area (Å²) in [4.78, 5) is 38.6. The number of carbonyl (C=O) groups is 2. The quantitative estimate of drug-likeness (QED) is 0.472. The Bertz CT molecular complexity index is 1290. The number of pyridine rings is 2. The van der Waals surface area contributed by atoms with E-state index in [4.69, 9.17) is 16.3 Å². The molecule has 1 N–H and O–H groups in total. The average molecular weight is 520 g/mol. The van der Waals surface area contributed by atoms with E-state index >= 15 is 0 Å². The molecule has 0 radical (unpaired) electrons. The van der Waals surface area contributed by atoms with Crippen LogP contribution in [0, 0.1) is 12.8 Å². The van der Waals surface area contributed by atoms with Crippen LogP contribution in [-0.2, 0) is 6.54 Å². The molecule has 0 spiro atoms. The molecular weight excluding hydrogens is 490 g/mol.